The number of benzene rings is 1. The molecule has 0 aromatic heterocycles. The zero-order valence-electron chi connectivity index (χ0n) is 12.0. The molecule has 0 radical (unpaired) electrons. The van der Waals surface area contributed by atoms with Crippen molar-refractivity contribution in [3.8, 4) is 5.75 Å². The Bertz CT molecular complexity index is 446. The maximum absolute atomic E-state index is 11.6. The fourth-order valence-electron chi connectivity index (χ4n) is 1.94. The van der Waals surface area contributed by atoms with Gasteiger partial charge in [0, 0.05) is 12.3 Å². The number of methoxy groups -OCH3 is 1. The molecule has 2 atom stereocenters. The standard InChI is InChI=1S/C16H22O3/c1-5-15(17)12(3)16(18)11(2)10-13-6-8-14(19-4)9-7-13/h6-10,12,16,18H,5H2,1-4H3/b11-10+/t12-,16-/m1/s1. The van der Waals surface area contributed by atoms with E-state index in [0.717, 1.165) is 16.9 Å². The van der Waals surface area contributed by atoms with Gasteiger partial charge in [0.2, 0.25) is 0 Å². The Morgan fingerprint density at radius 1 is 1.37 bits per heavy atom. The highest BCUT2D eigenvalue weighted by atomic mass is 16.5. The predicted molar refractivity (Wildman–Crippen MR) is 77.1 cm³/mol. The van der Waals surface area contributed by atoms with E-state index >= 15 is 0 Å². The minimum absolute atomic E-state index is 0.0787. The average Bonchev–Trinajstić information content (AvgIpc) is 2.45. The number of hydrogen-bond donors (Lipinski definition) is 1. The Hall–Kier alpha value is -1.61. The fraction of sp³-hybridized carbons (Fsp3) is 0.438. The topological polar surface area (TPSA) is 46.5 Å². The lowest BCUT2D eigenvalue weighted by atomic mass is 9.92. The molecule has 0 heterocycles. The minimum atomic E-state index is -0.727. The molecule has 0 saturated carbocycles. The van der Waals surface area contributed by atoms with Crippen LogP contribution in [-0.2, 0) is 4.79 Å². The molecule has 3 heteroatoms. The van der Waals surface area contributed by atoms with E-state index in [2.05, 4.69) is 0 Å². The highest BCUT2D eigenvalue weighted by Crippen LogP contribution is 2.19. The lowest BCUT2D eigenvalue weighted by Gasteiger charge is -2.18. The van der Waals surface area contributed by atoms with E-state index in [1.807, 2.05) is 44.2 Å². The molecule has 1 aromatic carbocycles. The van der Waals surface area contributed by atoms with Crippen molar-refractivity contribution in [2.24, 2.45) is 5.92 Å². The van der Waals surface area contributed by atoms with Gasteiger partial charge in [-0.1, -0.05) is 32.1 Å². The molecule has 1 aromatic rings. The van der Waals surface area contributed by atoms with Gasteiger partial charge in [0.25, 0.3) is 0 Å². The van der Waals surface area contributed by atoms with Gasteiger partial charge in [-0.3, -0.25) is 4.79 Å². The number of aliphatic hydroxyl groups excluding tert-OH is 1. The van der Waals surface area contributed by atoms with Gasteiger partial charge in [-0.25, -0.2) is 0 Å². The van der Waals surface area contributed by atoms with E-state index in [1.165, 1.54) is 0 Å². The summed E-state index contributed by atoms with van der Waals surface area (Å²) in [5, 5.41) is 10.1. The second-order valence-electron chi connectivity index (χ2n) is 4.71. The number of ether oxygens (including phenoxy) is 1. The van der Waals surface area contributed by atoms with Gasteiger partial charge in [-0.15, -0.1) is 0 Å². The van der Waals surface area contributed by atoms with E-state index < -0.39 is 6.10 Å². The second kappa shape index (κ2) is 7.10. The molecule has 1 N–H and O–H groups in total. The molecule has 0 fully saturated rings. The Kier molecular flexibility index (Phi) is 5.77. The van der Waals surface area contributed by atoms with Gasteiger partial charge in [0.1, 0.15) is 11.5 Å². The van der Waals surface area contributed by atoms with E-state index in [0.29, 0.717) is 6.42 Å². The van der Waals surface area contributed by atoms with Crippen LogP contribution in [0.15, 0.2) is 29.8 Å². The Balaban J connectivity index is 2.82. The minimum Gasteiger partial charge on any atom is -0.497 e. The van der Waals surface area contributed by atoms with Gasteiger partial charge in [-0.2, -0.15) is 0 Å². The third-order valence-corrected chi connectivity index (χ3v) is 3.31. The summed E-state index contributed by atoms with van der Waals surface area (Å²) in [7, 11) is 1.62. The van der Waals surface area contributed by atoms with E-state index in [4.69, 9.17) is 4.74 Å². The van der Waals surface area contributed by atoms with E-state index in [1.54, 1.807) is 14.0 Å². The van der Waals surface area contributed by atoms with Crippen molar-refractivity contribution >= 4 is 11.9 Å². The molecule has 0 saturated heterocycles. The zero-order chi connectivity index (χ0) is 14.4. The highest BCUT2D eigenvalue weighted by molar-refractivity contribution is 5.81. The molecule has 0 spiro atoms. The van der Waals surface area contributed by atoms with Crippen LogP contribution in [0.25, 0.3) is 6.08 Å². The van der Waals surface area contributed by atoms with E-state index in [-0.39, 0.29) is 11.7 Å². The first-order valence-corrected chi connectivity index (χ1v) is 6.52. The van der Waals surface area contributed by atoms with Crippen LogP contribution in [0.4, 0.5) is 0 Å². The molecule has 1 rings (SSSR count). The average molecular weight is 262 g/mol. The van der Waals surface area contributed by atoms with Gasteiger partial charge >= 0.3 is 0 Å². The van der Waals surface area contributed by atoms with Crippen molar-refractivity contribution in [3.05, 3.63) is 35.4 Å². The molecule has 0 aliphatic carbocycles. The zero-order valence-corrected chi connectivity index (χ0v) is 12.0. The fourth-order valence-corrected chi connectivity index (χ4v) is 1.94. The second-order valence-corrected chi connectivity index (χ2v) is 4.71. The first kappa shape index (κ1) is 15.4. The van der Waals surface area contributed by atoms with Gasteiger partial charge in [0.05, 0.1) is 13.2 Å². The van der Waals surface area contributed by atoms with Crippen LogP contribution in [0.3, 0.4) is 0 Å². The quantitative estimate of drug-likeness (QED) is 0.857. The number of aliphatic hydroxyl groups is 1. The summed E-state index contributed by atoms with van der Waals surface area (Å²) in [6.45, 7) is 5.42. The summed E-state index contributed by atoms with van der Waals surface area (Å²) in [4.78, 5) is 11.6. The van der Waals surface area contributed by atoms with Crippen LogP contribution in [0.1, 0.15) is 32.8 Å². The number of carbonyl (C=O) groups is 1. The normalized spacial score (nSPS) is 14.9. The molecule has 104 valence electrons. The molecular weight excluding hydrogens is 240 g/mol. The SMILES string of the molecule is CCC(=O)[C@@H](C)[C@H](O)/C(C)=C/c1ccc(OC)cc1. The first-order valence-electron chi connectivity index (χ1n) is 6.52. The van der Waals surface area contributed by atoms with Crippen molar-refractivity contribution in [3.63, 3.8) is 0 Å². The van der Waals surface area contributed by atoms with Crippen LogP contribution in [-0.4, -0.2) is 24.1 Å². The Morgan fingerprint density at radius 3 is 2.42 bits per heavy atom. The van der Waals surface area contributed by atoms with Crippen LogP contribution >= 0.6 is 0 Å². The largest absolute Gasteiger partial charge is 0.497 e. The van der Waals surface area contributed by atoms with Gasteiger partial charge < -0.3 is 9.84 Å². The Morgan fingerprint density at radius 2 is 1.95 bits per heavy atom. The summed E-state index contributed by atoms with van der Waals surface area (Å²) in [6, 6.07) is 7.57. The third-order valence-electron chi connectivity index (χ3n) is 3.31. The molecule has 0 aliphatic heterocycles. The van der Waals surface area contributed by atoms with Crippen molar-refractivity contribution in [2.75, 3.05) is 7.11 Å². The number of ketones is 1. The summed E-state index contributed by atoms with van der Waals surface area (Å²) in [6.07, 6.45) is 1.62. The third kappa shape index (κ3) is 4.21. The molecule has 0 unspecified atom stereocenters. The van der Waals surface area contributed by atoms with Gasteiger partial charge in [0.15, 0.2) is 0 Å². The number of hydrogen-bond acceptors (Lipinski definition) is 3. The van der Waals surface area contributed by atoms with Crippen molar-refractivity contribution in [1.29, 1.82) is 0 Å². The lowest BCUT2D eigenvalue weighted by molar-refractivity contribution is -0.124. The number of carbonyl (C=O) groups excluding carboxylic acids is 1. The number of rotatable bonds is 6. The van der Waals surface area contributed by atoms with Crippen molar-refractivity contribution < 1.29 is 14.6 Å². The number of Topliss-reactive ketones (excluding diaryl/α,β-unsaturated/α-hetero) is 1. The maximum Gasteiger partial charge on any atom is 0.138 e. The van der Waals surface area contributed by atoms with E-state index in [9.17, 15) is 9.90 Å². The van der Waals surface area contributed by atoms with Gasteiger partial charge in [-0.05, 0) is 30.2 Å². The highest BCUT2D eigenvalue weighted by Gasteiger charge is 2.21. The van der Waals surface area contributed by atoms with Crippen LogP contribution < -0.4 is 4.74 Å². The van der Waals surface area contributed by atoms with Crippen LogP contribution in [0.5, 0.6) is 5.75 Å². The molecular formula is C16H22O3. The summed E-state index contributed by atoms with van der Waals surface area (Å²) in [5.74, 6) is 0.513. The molecule has 19 heavy (non-hydrogen) atoms. The van der Waals surface area contributed by atoms with Crippen molar-refractivity contribution in [1.82, 2.24) is 0 Å². The molecule has 0 aliphatic rings. The van der Waals surface area contributed by atoms with Crippen molar-refractivity contribution in [2.45, 2.75) is 33.3 Å². The first-order chi connectivity index (χ1) is 8.99. The van der Waals surface area contributed by atoms with Crippen LogP contribution in [0, 0.1) is 5.92 Å². The summed E-state index contributed by atoms with van der Waals surface area (Å²) in [5.41, 5.74) is 1.77. The summed E-state index contributed by atoms with van der Waals surface area (Å²) < 4.78 is 5.09. The smallest absolute Gasteiger partial charge is 0.138 e. The lowest BCUT2D eigenvalue weighted by Crippen LogP contribution is -2.26. The predicted octanol–water partition coefficient (Wildman–Crippen LogP) is 3.07. The molecule has 3 nitrogen and oxygen atoms in total. The summed E-state index contributed by atoms with van der Waals surface area (Å²) >= 11 is 0. The molecule has 0 amide bonds. The Labute approximate surface area is 114 Å². The maximum atomic E-state index is 11.6. The molecule has 0 bridgehead atoms. The van der Waals surface area contributed by atoms with Crippen LogP contribution in [0.2, 0.25) is 0 Å². The monoisotopic (exact) mass is 262 g/mol.